The summed E-state index contributed by atoms with van der Waals surface area (Å²) >= 11 is 1.58. The molecule has 1 aromatic rings. The van der Waals surface area contributed by atoms with Gasteiger partial charge in [0.2, 0.25) is 5.16 Å². The average Bonchev–Trinajstić information content (AvgIpc) is 2.29. The summed E-state index contributed by atoms with van der Waals surface area (Å²) in [5, 5.41) is 9.00. The van der Waals surface area contributed by atoms with E-state index in [0.29, 0.717) is 6.61 Å². The molecule has 0 radical (unpaired) electrons. The van der Waals surface area contributed by atoms with E-state index in [9.17, 15) is 0 Å². The summed E-state index contributed by atoms with van der Waals surface area (Å²) in [6.07, 6.45) is 1.81. The Kier molecular flexibility index (Phi) is 5.57. The lowest BCUT2D eigenvalue weighted by molar-refractivity contribution is 0.218. The van der Waals surface area contributed by atoms with Gasteiger partial charge in [0.05, 0.1) is 18.0 Å². The van der Waals surface area contributed by atoms with E-state index < -0.39 is 0 Å². The maximum Gasteiger partial charge on any atom is 0.209 e. The lowest BCUT2D eigenvalue weighted by atomic mass is 10.2. The zero-order chi connectivity index (χ0) is 11.1. The van der Waals surface area contributed by atoms with Gasteiger partial charge in [-0.2, -0.15) is 5.10 Å². The molecule has 0 aromatic carbocycles. The molecule has 0 amide bonds. The number of ether oxygens (including phenoxy) is 1. The molecule has 0 N–H and O–H groups in total. The zero-order valence-corrected chi connectivity index (χ0v) is 10.3. The molecule has 84 valence electrons. The number of rotatable bonds is 6. The van der Waals surface area contributed by atoms with Crippen LogP contribution in [0.3, 0.4) is 0 Å². The largest absolute Gasteiger partial charge is 0.384 e. The topological polar surface area (TPSA) is 47.9 Å². The fourth-order valence-electron chi connectivity index (χ4n) is 1.20. The zero-order valence-electron chi connectivity index (χ0n) is 9.49. The summed E-state index contributed by atoms with van der Waals surface area (Å²) in [6, 6.07) is 0. The Bertz CT molecular complexity index is 307. The minimum atomic E-state index is 0.713. The van der Waals surface area contributed by atoms with Gasteiger partial charge in [-0.1, -0.05) is 25.6 Å². The third-order valence-electron chi connectivity index (χ3n) is 2.01. The first-order chi connectivity index (χ1) is 7.31. The van der Waals surface area contributed by atoms with Crippen LogP contribution in [0.4, 0.5) is 0 Å². The van der Waals surface area contributed by atoms with E-state index in [1.807, 2.05) is 0 Å². The van der Waals surface area contributed by atoms with Crippen LogP contribution in [-0.2, 0) is 17.6 Å². The van der Waals surface area contributed by atoms with Crippen molar-refractivity contribution in [2.75, 3.05) is 19.5 Å². The van der Waals surface area contributed by atoms with Crippen LogP contribution in [0.1, 0.15) is 25.2 Å². The smallest absolute Gasteiger partial charge is 0.209 e. The molecule has 0 aliphatic heterocycles. The second kappa shape index (κ2) is 6.74. The predicted molar refractivity (Wildman–Crippen MR) is 61.2 cm³/mol. The third kappa shape index (κ3) is 3.76. The molecule has 0 aliphatic carbocycles. The lowest BCUT2D eigenvalue weighted by Crippen LogP contribution is -2.04. The Morgan fingerprint density at radius 3 is 2.47 bits per heavy atom. The summed E-state index contributed by atoms with van der Waals surface area (Å²) in [4.78, 5) is 4.47. The molecule has 0 saturated heterocycles. The SMILES string of the molecule is CCc1nnc(SCCOC)nc1CC. The average molecular weight is 227 g/mol. The molecule has 0 unspecified atom stereocenters. The van der Waals surface area contributed by atoms with Crippen LogP contribution in [0.2, 0.25) is 0 Å². The maximum absolute atomic E-state index is 4.97. The summed E-state index contributed by atoms with van der Waals surface area (Å²) in [7, 11) is 1.69. The summed E-state index contributed by atoms with van der Waals surface area (Å²) in [6.45, 7) is 4.88. The monoisotopic (exact) mass is 227 g/mol. The van der Waals surface area contributed by atoms with Gasteiger partial charge in [-0.3, -0.25) is 0 Å². The number of nitrogens with zero attached hydrogens (tertiary/aromatic N) is 3. The molecule has 0 bridgehead atoms. The van der Waals surface area contributed by atoms with E-state index in [0.717, 1.165) is 35.1 Å². The van der Waals surface area contributed by atoms with E-state index >= 15 is 0 Å². The highest BCUT2D eigenvalue weighted by molar-refractivity contribution is 7.99. The number of methoxy groups -OCH3 is 1. The van der Waals surface area contributed by atoms with Crippen LogP contribution in [0.5, 0.6) is 0 Å². The minimum absolute atomic E-state index is 0.713. The van der Waals surface area contributed by atoms with E-state index in [1.54, 1.807) is 18.9 Å². The fraction of sp³-hybridized carbons (Fsp3) is 0.700. The van der Waals surface area contributed by atoms with Crippen molar-refractivity contribution in [1.29, 1.82) is 0 Å². The van der Waals surface area contributed by atoms with Gasteiger partial charge in [0.15, 0.2) is 0 Å². The van der Waals surface area contributed by atoms with Crippen molar-refractivity contribution >= 4 is 11.8 Å². The molecular formula is C10H17N3OS. The summed E-state index contributed by atoms with van der Waals surface area (Å²) in [5.41, 5.74) is 2.07. The number of aromatic nitrogens is 3. The van der Waals surface area contributed by atoms with E-state index in [1.165, 1.54) is 0 Å². The first-order valence-corrected chi connectivity index (χ1v) is 6.14. The Hall–Kier alpha value is -0.680. The normalized spacial score (nSPS) is 10.6. The van der Waals surface area contributed by atoms with Crippen molar-refractivity contribution in [2.45, 2.75) is 31.8 Å². The number of hydrogen-bond acceptors (Lipinski definition) is 5. The summed E-state index contributed by atoms with van der Waals surface area (Å²) in [5.74, 6) is 0.868. The minimum Gasteiger partial charge on any atom is -0.384 e. The van der Waals surface area contributed by atoms with Crippen LogP contribution in [0, 0.1) is 0 Å². The van der Waals surface area contributed by atoms with Crippen LogP contribution >= 0.6 is 11.8 Å². The highest BCUT2D eigenvalue weighted by atomic mass is 32.2. The summed E-state index contributed by atoms with van der Waals surface area (Å²) < 4.78 is 4.97. The second-order valence-corrected chi connectivity index (χ2v) is 4.10. The van der Waals surface area contributed by atoms with Crippen molar-refractivity contribution in [1.82, 2.24) is 15.2 Å². The van der Waals surface area contributed by atoms with E-state index in [-0.39, 0.29) is 0 Å². The predicted octanol–water partition coefficient (Wildman–Crippen LogP) is 1.73. The first kappa shape index (κ1) is 12.4. The molecule has 0 fully saturated rings. The molecule has 5 heteroatoms. The number of hydrogen-bond donors (Lipinski definition) is 0. The van der Waals surface area contributed by atoms with Crippen molar-refractivity contribution in [2.24, 2.45) is 0 Å². The molecule has 0 spiro atoms. The molecular weight excluding hydrogens is 210 g/mol. The Morgan fingerprint density at radius 2 is 1.87 bits per heavy atom. The molecule has 1 rings (SSSR count). The number of aryl methyl sites for hydroxylation is 2. The van der Waals surface area contributed by atoms with Gasteiger partial charge in [-0.25, -0.2) is 4.98 Å². The Balaban J connectivity index is 2.66. The fourth-order valence-corrected chi connectivity index (χ4v) is 1.90. The van der Waals surface area contributed by atoms with Gasteiger partial charge in [-0.15, -0.1) is 5.10 Å². The van der Waals surface area contributed by atoms with Gasteiger partial charge in [-0.05, 0) is 12.8 Å². The maximum atomic E-state index is 4.97. The van der Waals surface area contributed by atoms with Crippen LogP contribution in [0.15, 0.2) is 5.16 Å². The van der Waals surface area contributed by atoms with Gasteiger partial charge >= 0.3 is 0 Å². The Labute approximate surface area is 94.9 Å². The van der Waals surface area contributed by atoms with Gasteiger partial charge in [0.1, 0.15) is 0 Å². The van der Waals surface area contributed by atoms with Crippen molar-refractivity contribution in [3.63, 3.8) is 0 Å². The molecule has 4 nitrogen and oxygen atoms in total. The lowest BCUT2D eigenvalue weighted by Gasteiger charge is -2.04. The molecule has 15 heavy (non-hydrogen) atoms. The quantitative estimate of drug-likeness (QED) is 0.547. The highest BCUT2D eigenvalue weighted by Gasteiger charge is 2.05. The van der Waals surface area contributed by atoms with Gasteiger partial charge < -0.3 is 4.74 Å². The van der Waals surface area contributed by atoms with E-state index in [4.69, 9.17) is 4.74 Å². The molecule has 0 saturated carbocycles. The van der Waals surface area contributed by atoms with Crippen LogP contribution in [0.25, 0.3) is 0 Å². The Morgan fingerprint density at radius 1 is 1.13 bits per heavy atom. The first-order valence-electron chi connectivity index (χ1n) is 5.16. The third-order valence-corrected chi connectivity index (χ3v) is 2.81. The molecule has 1 heterocycles. The molecule has 1 aromatic heterocycles. The highest BCUT2D eigenvalue weighted by Crippen LogP contribution is 2.13. The van der Waals surface area contributed by atoms with Crippen LogP contribution < -0.4 is 0 Å². The van der Waals surface area contributed by atoms with Crippen molar-refractivity contribution < 1.29 is 4.74 Å². The van der Waals surface area contributed by atoms with E-state index in [2.05, 4.69) is 29.0 Å². The van der Waals surface area contributed by atoms with Crippen molar-refractivity contribution in [3.8, 4) is 0 Å². The van der Waals surface area contributed by atoms with Gasteiger partial charge in [0.25, 0.3) is 0 Å². The molecule has 0 atom stereocenters. The number of thioether (sulfide) groups is 1. The van der Waals surface area contributed by atoms with Gasteiger partial charge in [0, 0.05) is 12.9 Å². The van der Waals surface area contributed by atoms with Crippen molar-refractivity contribution in [3.05, 3.63) is 11.4 Å². The van der Waals surface area contributed by atoms with Crippen LogP contribution in [-0.4, -0.2) is 34.7 Å². The standard InChI is InChI=1S/C10H17N3OS/c1-4-8-9(5-2)12-13-10(11-8)15-7-6-14-3/h4-7H2,1-3H3. The molecule has 0 aliphatic rings. The second-order valence-electron chi connectivity index (χ2n) is 3.04.